The first kappa shape index (κ1) is 23.8. The summed E-state index contributed by atoms with van der Waals surface area (Å²) in [5.74, 6) is 0.267. The normalized spacial score (nSPS) is 15.8. The van der Waals surface area contributed by atoms with Crippen molar-refractivity contribution < 1.29 is 27.4 Å². The number of hydrogen-bond acceptors (Lipinski definition) is 4. The van der Waals surface area contributed by atoms with Gasteiger partial charge in [-0.15, -0.1) is 0 Å². The van der Waals surface area contributed by atoms with Gasteiger partial charge in [0.25, 0.3) is 5.91 Å². The molecule has 0 bridgehead atoms. The van der Waals surface area contributed by atoms with Crippen molar-refractivity contribution in [3.05, 3.63) is 95.3 Å². The van der Waals surface area contributed by atoms with Crippen LogP contribution in [0.3, 0.4) is 0 Å². The van der Waals surface area contributed by atoms with E-state index in [9.17, 15) is 18.0 Å². The topological polar surface area (TPSA) is 51.7 Å². The van der Waals surface area contributed by atoms with Gasteiger partial charge in [0.2, 0.25) is 0 Å². The van der Waals surface area contributed by atoms with Crippen LogP contribution in [0.15, 0.2) is 72.9 Å². The molecule has 1 aromatic heterocycles. The van der Waals surface area contributed by atoms with Crippen LogP contribution in [-0.2, 0) is 24.0 Å². The molecule has 0 N–H and O–H groups in total. The van der Waals surface area contributed by atoms with Crippen LogP contribution < -0.4 is 4.74 Å². The van der Waals surface area contributed by atoms with Gasteiger partial charge in [-0.3, -0.25) is 9.78 Å². The number of nitrogens with zero attached hydrogens (tertiary/aromatic N) is 2. The van der Waals surface area contributed by atoms with Crippen LogP contribution in [-0.4, -0.2) is 35.6 Å². The van der Waals surface area contributed by atoms with Crippen molar-refractivity contribution in [1.29, 1.82) is 0 Å². The zero-order chi connectivity index (χ0) is 24.0. The fourth-order valence-corrected chi connectivity index (χ4v) is 3.86. The molecule has 2 heterocycles. The molecule has 178 valence electrons. The second-order valence-corrected chi connectivity index (χ2v) is 8.21. The Bertz CT molecular complexity index is 1100. The summed E-state index contributed by atoms with van der Waals surface area (Å²) in [6, 6.07) is 17.4. The van der Waals surface area contributed by atoms with Gasteiger partial charge in [-0.1, -0.05) is 30.3 Å². The SMILES string of the molecule is O=C(c1ccccc1C(F)(F)F)N(Cc1cccc(OCC2CCOC2)c1)Cc1ccccn1. The van der Waals surface area contributed by atoms with Crippen LogP contribution in [0.1, 0.15) is 33.6 Å². The molecule has 1 aliphatic rings. The number of hydrogen-bond donors (Lipinski definition) is 0. The molecule has 3 aromatic rings. The first-order valence-electron chi connectivity index (χ1n) is 11.0. The monoisotopic (exact) mass is 470 g/mol. The quantitative estimate of drug-likeness (QED) is 0.445. The number of alkyl halides is 3. The first-order chi connectivity index (χ1) is 16.4. The number of rotatable bonds is 8. The van der Waals surface area contributed by atoms with Crippen molar-refractivity contribution in [2.75, 3.05) is 19.8 Å². The Kier molecular flexibility index (Phi) is 7.47. The first-order valence-corrected chi connectivity index (χ1v) is 11.0. The molecule has 0 radical (unpaired) electrons. The summed E-state index contributed by atoms with van der Waals surface area (Å²) in [7, 11) is 0. The highest BCUT2D eigenvalue weighted by Gasteiger charge is 2.36. The van der Waals surface area contributed by atoms with Crippen molar-refractivity contribution >= 4 is 5.91 Å². The Morgan fingerprint density at radius 3 is 2.62 bits per heavy atom. The molecular weight excluding hydrogens is 445 g/mol. The summed E-state index contributed by atoms with van der Waals surface area (Å²) >= 11 is 0. The zero-order valence-corrected chi connectivity index (χ0v) is 18.5. The third kappa shape index (κ3) is 6.14. The van der Waals surface area contributed by atoms with E-state index in [4.69, 9.17) is 9.47 Å². The summed E-state index contributed by atoms with van der Waals surface area (Å²) in [5, 5.41) is 0. The maximum atomic E-state index is 13.6. The molecule has 1 atom stereocenters. The third-order valence-electron chi connectivity index (χ3n) is 5.61. The lowest BCUT2D eigenvalue weighted by Crippen LogP contribution is -2.32. The molecule has 1 aliphatic heterocycles. The largest absolute Gasteiger partial charge is 0.493 e. The highest BCUT2D eigenvalue weighted by molar-refractivity contribution is 5.95. The maximum Gasteiger partial charge on any atom is 0.417 e. The average Bonchev–Trinajstić information content (AvgIpc) is 3.36. The molecule has 0 saturated carbocycles. The predicted octanol–water partition coefficient (Wildman–Crippen LogP) is 5.36. The van der Waals surface area contributed by atoms with Gasteiger partial charge < -0.3 is 14.4 Å². The van der Waals surface area contributed by atoms with Crippen LogP contribution in [0.25, 0.3) is 0 Å². The number of aromatic nitrogens is 1. The van der Waals surface area contributed by atoms with Crippen LogP contribution >= 0.6 is 0 Å². The predicted molar refractivity (Wildman–Crippen MR) is 120 cm³/mol. The van der Waals surface area contributed by atoms with Gasteiger partial charge in [-0.05, 0) is 48.4 Å². The van der Waals surface area contributed by atoms with Crippen molar-refractivity contribution in [2.24, 2.45) is 5.92 Å². The molecule has 0 aliphatic carbocycles. The molecule has 5 nitrogen and oxygen atoms in total. The van der Waals surface area contributed by atoms with Crippen molar-refractivity contribution in [3.8, 4) is 5.75 Å². The van der Waals surface area contributed by atoms with Crippen LogP contribution in [0.2, 0.25) is 0 Å². The molecule has 1 saturated heterocycles. The van der Waals surface area contributed by atoms with E-state index in [1.165, 1.54) is 23.1 Å². The summed E-state index contributed by atoms with van der Waals surface area (Å²) in [6.45, 7) is 2.10. The molecule has 4 rings (SSSR count). The van der Waals surface area contributed by atoms with Gasteiger partial charge in [-0.25, -0.2) is 0 Å². The lowest BCUT2D eigenvalue weighted by Gasteiger charge is -2.24. The number of pyridine rings is 1. The Hall–Kier alpha value is -3.39. The minimum Gasteiger partial charge on any atom is -0.493 e. The van der Waals surface area contributed by atoms with E-state index in [-0.39, 0.29) is 18.7 Å². The van der Waals surface area contributed by atoms with Crippen molar-refractivity contribution in [3.63, 3.8) is 0 Å². The molecule has 0 spiro atoms. The van der Waals surface area contributed by atoms with Gasteiger partial charge in [0.1, 0.15) is 5.75 Å². The van der Waals surface area contributed by atoms with E-state index in [1.54, 1.807) is 24.4 Å². The minimum atomic E-state index is -4.64. The van der Waals surface area contributed by atoms with E-state index in [0.29, 0.717) is 30.6 Å². The Balaban J connectivity index is 1.57. The maximum absolute atomic E-state index is 13.6. The lowest BCUT2D eigenvalue weighted by atomic mass is 10.0. The number of benzene rings is 2. The summed E-state index contributed by atoms with van der Waals surface area (Å²) < 4.78 is 52.0. The number of carbonyl (C=O) groups is 1. The van der Waals surface area contributed by atoms with Crippen LogP contribution in [0.4, 0.5) is 13.2 Å². The Morgan fingerprint density at radius 1 is 1.06 bits per heavy atom. The van der Waals surface area contributed by atoms with E-state index in [2.05, 4.69) is 4.98 Å². The molecule has 1 amide bonds. The number of halogens is 3. The van der Waals surface area contributed by atoms with Crippen LogP contribution in [0.5, 0.6) is 5.75 Å². The lowest BCUT2D eigenvalue weighted by molar-refractivity contribution is -0.138. The van der Waals surface area contributed by atoms with Crippen molar-refractivity contribution in [1.82, 2.24) is 9.88 Å². The summed E-state index contributed by atoms with van der Waals surface area (Å²) in [5.41, 5.74) is -0.0237. The fraction of sp³-hybridized carbons (Fsp3) is 0.308. The smallest absolute Gasteiger partial charge is 0.417 e. The highest BCUT2D eigenvalue weighted by atomic mass is 19.4. The highest BCUT2D eigenvalue weighted by Crippen LogP contribution is 2.33. The van der Waals surface area contributed by atoms with Gasteiger partial charge in [0.05, 0.1) is 36.6 Å². The molecule has 1 unspecified atom stereocenters. The Morgan fingerprint density at radius 2 is 1.88 bits per heavy atom. The van der Waals surface area contributed by atoms with E-state index in [0.717, 1.165) is 24.7 Å². The molecule has 1 fully saturated rings. The van der Waals surface area contributed by atoms with Gasteiger partial charge in [0.15, 0.2) is 0 Å². The Labute approximate surface area is 196 Å². The number of amides is 1. The van der Waals surface area contributed by atoms with Crippen LogP contribution in [0, 0.1) is 5.92 Å². The molecule has 2 aromatic carbocycles. The third-order valence-corrected chi connectivity index (χ3v) is 5.61. The van der Waals surface area contributed by atoms with E-state index in [1.807, 2.05) is 24.3 Å². The second-order valence-electron chi connectivity index (χ2n) is 8.21. The number of carbonyl (C=O) groups excluding carboxylic acids is 1. The average molecular weight is 470 g/mol. The summed E-state index contributed by atoms with van der Waals surface area (Å²) in [6.07, 6.45) is -2.10. The van der Waals surface area contributed by atoms with Crippen molar-refractivity contribution in [2.45, 2.75) is 25.7 Å². The molecule has 34 heavy (non-hydrogen) atoms. The van der Waals surface area contributed by atoms with Gasteiger partial charge in [0, 0.05) is 25.3 Å². The second kappa shape index (κ2) is 10.7. The van der Waals surface area contributed by atoms with E-state index >= 15 is 0 Å². The summed E-state index contributed by atoms with van der Waals surface area (Å²) in [4.78, 5) is 19.0. The molecular formula is C26H25F3N2O3. The van der Waals surface area contributed by atoms with Gasteiger partial charge >= 0.3 is 6.18 Å². The standard InChI is InChI=1S/C26H25F3N2O3/c27-26(28,29)24-10-2-1-9-23(24)25(32)31(16-21-7-3-4-12-30-21)15-19-6-5-8-22(14-19)34-18-20-11-13-33-17-20/h1-10,12,14,20H,11,13,15-18H2. The zero-order valence-electron chi connectivity index (χ0n) is 18.5. The molecule has 8 heteroatoms. The van der Waals surface area contributed by atoms with E-state index < -0.39 is 17.6 Å². The fourth-order valence-electron chi connectivity index (χ4n) is 3.86. The van der Waals surface area contributed by atoms with Gasteiger partial charge in [-0.2, -0.15) is 13.2 Å². The minimum absolute atomic E-state index is 0.0658. The number of ether oxygens (including phenoxy) is 2.